The number of benzene rings is 2. The van der Waals surface area contributed by atoms with Gasteiger partial charge >= 0.3 is 0 Å². The molecule has 30 heavy (non-hydrogen) atoms. The maximum atomic E-state index is 14.4. The fraction of sp³-hybridized carbons (Fsp3) is 0.292. The summed E-state index contributed by atoms with van der Waals surface area (Å²) < 4.78 is 20.5. The predicted molar refractivity (Wildman–Crippen MR) is 113 cm³/mol. The molecular formula is C24H24FN3O2. The molecular weight excluding hydrogens is 381 g/mol. The standard InChI is InChI=1S/C24H24FN3O2/c1-15-13-26-16(2)23(28-15)19-9-10-21(25)20-12-18(30-24(19)20)14-27-22(29)11-8-17-6-4-3-5-7-17/h3-7,9-10,13,18H,8,11-12,14H2,1-2H3,(H,27,29)/t18-/m0/s1. The summed E-state index contributed by atoms with van der Waals surface area (Å²) in [6, 6.07) is 13.0. The molecule has 0 saturated carbocycles. The molecule has 1 aliphatic heterocycles. The first-order valence-corrected chi connectivity index (χ1v) is 10.1. The number of nitrogens with one attached hydrogen (secondary N) is 1. The monoisotopic (exact) mass is 405 g/mol. The molecule has 0 saturated heterocycles. The lowest BCUT2D eigenvalue weighted by molar-refractivity contribution is -0.121. The van der Waals surface area contributed by atoms with E-state index in [2.05, 4.69) is 15.3 Å². The highest BCUT2D eigenvalue weighted by Crippen LogP contribution is 2.40. The molecule has 1 N–H and O–H groups in total. The zero-order valence-electron chi connectivity index (χ0n) is 17.1. The first-order chi connectivity index (χ1) is 14.5. The van der Waals surface area contributed by atoms with Crippen LogP contribution in [-0.2, 0) is 17.6 Å². The molecule has 1 atom stereocenters. The lowest BCUT2D eigenvalue weighted by atomic mass is 10.0. The second kappa shape index (κ2) is 8.61. The fourth-order valence-electron chi connectivity index (χ4n) is 3.68. The van der Waals surface area contributed by atoms with E-state index in [0.717, 1.165) is 22.5 Å². The van der Waals surface area contributed by atoms with Crippen LogP contribution >= 0.6 is 0 Å². The van der Waals surface area contributed by atoms with Crippen LogP contribution in [0, 0.1) is 19.7 Å². The second-order valence-electron chi connectivity index (χ2n) is 7.58. The smallest absolute Gasteiger partial charge is 0.220 e. The van der Waals surface area contributed by atoms with E-state index >= 15 is 0 Å². The molecule has 0 bridgehead atoms. The SMILES string of the molecule is Cc1cnc(C)c(-c2ccc(F)c3c2O[C@H](CNC(=O)CCc2ccccc2)C3)n1. The van der Waals surface area contributed by atoms with Crippen LogP contribution in [0.3, 0.4) is 0 Å². The second-order valence-corrected chi connectivity index (χ2v) is 7.58. The quantitative estimate of drug-likeness (QED) is 0.674. The molecule has 0 fully saturated rings. The zero-order valence-corrected chi connectivity index (χ0v) is 17.1. The summed E-state index contributed by atoms with van der Waals surface area (Å²) in [7, 11) is 0. The Hall–Kier alpha value is -3.28. The van der Waals surface area contributed by atoms with Crippen LogP contribution in [0.25, 0.3) is 11.3 Å². The number of amides is 1. The number of hydrogen-bond acceptors (Lipinski definition) is 4. The highest BCUT2D eigenvalue weighted by molar-refractivity contribution is 5.76. The van der Waals surface area contributed by atoms with E-state index in [-0.39, 0.29) is 17.8 Å². The third-order valence-corrected chi connectivity index (χ3v) is 5.26. The molecule has 154 valence electrons. The Morgan fingerprint density at radius 1 is 1.20 bits per heavy atom. The van der Waals surface area contributed by atoms with E-state index in [0.29, 0.717) is 42.8 Å². The van der Waals surface area contributed by atoms with Crippen molar-refractivity contribution in [2.75, 3.05) is 6.54 Å². The van der Waals surface area contributed by atoms with Gasteiger partial charge in [0.2, 0.25) is 5.91 Å². The molecule has 3 aromatic rings. The number of carbonyl (C=O) groups excluding carboxylic acids is 1. The lowest BCUT2D eigenvalue weighted by Gasteiger charge is -2.14. The van der Waals surface area contributed by atoms with Gasteiger partial charge in [0, 0.05) is 30.2 Å². The fourth-order valence-corrected chi connectivity index (χ4v) is 3.68. The summed E-state index contributed by atoms with van der Waals surface area (Å²) in [6.07, 6.45) is 2.89. The first-order valence-electron chi connectivity index (χ1n) is 10.1. The van der Waals surface area contributed by atoms with Crippen molar-refractivity contribution in [3.63, 3.8) is 0 Å². The normalized spacial score (nSPS) is 14.8. The van der Waals surface area contributed by atoms with Gasteiger partial charge in [-0.3, -0.25) is 9.78 Å². The molecule has 6 heteroatoms. The van der Waals surface area contributed by atoms with Crippen LogP contribution in [0.15, 0.2) is 48.7 Å². The van der Waals surface area contributed by atoms with Crippen LogP contribution < -0.4 is 10.1 Å². The van der Waals surface area contributed by atoms with E-state index in [9.17, 15) is 9.18 Å². The molecule has 0 aliphatic carbocycles. The van der Waals surface area contributed by atoms with Crippen molar-refractivity contribution in [1.82, 2.24) is 15.3 Å². The number of rotatable bonds is 6. The Kier molecular flexibility index (Phi) is 5.74. The maximum absolute atomic E-state index is 14.4. The van der Waals surface area contributed by atoms with E-state index in [1.165, 1.54) is 6.07 Å². The van der Waals surface area contributed by atoms with Gasteiger partial charge in [-0.05, 0) is 38.0 Å². The molecule has 2 heterocycles. The Balaban J connectivity index is 1.42. The topological polar surface area (TPSA) is 64.1 Å². The number of ether oxygens (including phenoxy) is 1. The maximum Gasteiger partial charge on any atom is 0.220 e. The third-order valence-electron chi connectivity index (χ3n) is 5.26. The number of hydrogen-bond donors (Lipinski definition) is 1. The van der Waals surface area contributed by atoms with Crippen molar-refractivity contribution in [1.29, 1.82) is 0 Å². The van der Waals surface area contributed by atoms with Gasteiger partial charge in [-0.15, -0.1) is 0 Å². The molecule has 5 nitrogen and oxygen atoms in total. The molecule has 4 rings (SSSR count). The largest absolute Gasteiger partial charge is 0.487 e. The zero-order chi connectivity index (χ0) is 21.1. The third kappa shape index (κ3) is 4.32. The summed E-state index contributed by atoms with van der Waals surface area (Å²) in [6.45, 7) is 4.07. The Bertz CT molecular complexity index is 1070. The van der Waals surface area contributed by atoms with Gasteiger partial charge in [-0.1, -0.05) is 30.3 Å². The highest BCUT2D eigenvalue weighted by Gasteiger charge is 2.30. The van der Waals surface area contributed by atoms with Crippen LogP contribution in [0.2, 0.25) is 0 Å². The van der Waals surface area contributed by atoms with Gasteiger partial charge in [-0.2, -0.15) is 0 Å². The molecule has 2 aromatic carbocycles. The number of nitrogens with zero attached hydrogens (tertiary/aromatic N) is 2. The summed E-state index contributed by atoms with van der Waals surface area (Å²) in [5.74, 6) is 0.158. The molecule has 0 unspecified atom stereocenters. The average Bonchev–Trinajstić information content (AvgIpc) is 3.19. The van der Waals surface area contributed by atoms with Crippen LogP contribution in [0.5, 0.6) is 5.75 Å². The van der Waals surface area contributed by atoms with Crippen molar-refractivity contribution in [3.8, 4) is 17.0 Å². The highest BCUT2D eigenvalue weighted by atomic mass is 19.1. The van der Waals surface area contributed by atoms with Crippen LogP contribution in [-0.4, -0.2) is 28.5 Å². The Morgan fingerprint density at radius 3 is 2.80 bits per heavy atom. The summed E-state index contributed by atoms with van der Waals surface area (Å²) in [4.78, 5) is 21.2. The number of carbonyl (C=O) groups is 1. The summed E-state index contributed by atoms with van der Waals surface area (Å²) in [5.41, 5.74) is 4.62. The number of halogens is 1. The van der Waals surface area contributed by atoms with Crippen molar-refractivity contribution >= 4 is 5.91 Å². The van der Waals surface area contributed by atoms with Gasteiger partial charge in [-0.25, -0.2) is 9.37 Å². The molecule has 0 radical (unpaired) electrons. The lowest BCUT2D eigenvalue weighted by Crippen LogP contribution is -2.34. The van der Waals surface area contributed by atoms with Crippen LogP contribution in [0.4, 0.5) is 4.39 Å². The average molecular weight is 405 g/mol. The minimum Gasteiger partial charge on any atom is -0.487 e. The van der Waals surface area contributed by atoms with E-state index < -0.39 is 0 Å². The minimum atomic E-state index is -0.311. The predicted octanol–water partition coefficient (Wildman–Crippen LogP) is 3.95. The Labute approximate surface area is 175 Å². The van der Waals surface area contributed by atoms with Crippen molar-refractivity contribution < 1.29 is 13.9 Å². The van der Waals surface area contributed by atoms with E-state index in [1.54, 1.807) is 12.3 Å². The van der Waals surface area contributed by atoms with Crippen LogP contribution in [0.1, 0.15) is 28.9 Å². The molecule has 1 aromatic heterocycles. The number of fused-ring (bicyclic) bond motifs is 1. The number of aryl methyl sites for hydroxylation is 3. The molecule has 1 aliphatic rings. The van der Waals surface area contributed by atoms with Crippen molar-refractivity contribution in [3.05, 3.63) is 77.0 Å². The molecule has 1 amide bonds. The van der Waals surface area contributed by atoms with Gasteiger partial charge < -0.3 is 10.1 Å². The molecule has 0 spiro atoms. The van der Waals surface area contributed by atoms with Gasteiger partial charge in [0.25, 0.3) is 0 Å². The Morgan fingerprint density at radius 2 is 2.00 bits per heavy atom. The van der Waals surface area contributed by atoms with Crippen molar-refractivity contribution in [2.24, 2.45) is 0 Å². The van der Waals surface area contributed by atoms with E-state index in [4.69, 9.17) is 4.74 Å². The number of aromatic nitrogens is 2. The summed E-state index contributed by atoms with van der Waals surface area (Å²) >= 11 is 0. The summed E-state index contributed by atoms with van der Waals surface area (Å²) in [5, 5.41) is 2.91. The minimum absolute atomic E-state index is 0.0421. The van der Waals surface area contributed by atoms with Gasteiger partial charge in [0.1, 0.15) is 17.7 Å². The van der Waals surface area contributed by atoms with Gasteiger partial charge in [0.15, 0.2) is 0 Å². The van der Waals surface area contributed by atoms with Crippen molar-refractivity contribution in [2.45, 2.75) is 39.2 Å². The first kappa shape index (κ1) is 20.0. The van der Waals surface area contributed by atoms with Gasteiger partial charge in [0.05, 0.1) is 23.6 Å². The van der Waals surface area contributed by atoms with E-state index in [1.807, 2.05) is 44.2 Å².